The Morgan fingerprint density at radius 3 is 2.15 bits per heavy atom. The summed E-state index contributed by atoms with van der Waals surface area (Å²) in [7, 11) is 5.09. The molecule has 1 N–H and O–H groups in total. The van der Waals surface area contributed by atoms with Gasteiger partial charge in [0.15, 0.2) is 0 Å². The van der Waals surface area contributed by atoms with Crippen LogP contribution in [0.2, 0.25) is 0 Å². The van der Waals surface area contributed by atoms with Gasteiger partial charge in [-0.05, 0) is 19.2 Å². The van der Waals surface area contributed by atoms with E-state index in [4.69, 9.17) is 18.6 Å². The molecule has 0 spiro atoms. The molecule has 1 heterocycles. The van der Waals surface area contributed by atoms with Crippen molar-refractivity contribution in [2.75, 3.05) is 21.3 Å². The summed E-state index contributed by atoms with van der Waals surface area (Å²) in [6, 6.07) is 9.25. The summed E-state index contributed by atoms with van der Waals surface area (Å²) in [4.78, 5) is 0. The highest BCUT2D eigenvalue weighted by molar-refractivity contribution is 5.42. The van der Waals surface area contributed by atoms with E-state index in [1.165, 1.54) is 0 Å². The Labute approximate surface area is 118 Å². The average molecular weight is 277 g/mol. The number of ether oxygens (including phenoxy) is 3. The maximum atomic E-state index is 5.69. The third-order valence-corrected chi connectivity index (χ3v) is 2.77. The van der Waals surface area contributed by atoms with Crippen molar-refractivity contribution < 1.29 is 18.6 Å². The van der Waals surface area contributed by atoms with E-state index in [-0.39, 0.29) is 0 Å². The van der Waals surface area contributed by atoms with Crippen molar-refractivity contribution in [2.45, 2.75) is 13.2 Å². The Morgan fingerprint density at radius 1 is 0.950 bits per heavy atom. The molecule has 108 valence electrons. The Kier molecular flexibility index (Phi) is 4.90. The van der Waals surface area contributed by atoms with E-state index in [1.54, 1.807) is 32.4 Å². The highest BCUT2D eigenvalue weighted by Gasteiger charge is 2.05. The SMILES string of the molecule is CNCc1ccc(COc2cc(OC)cc(OC)c2)o1. The van der Waals surface area contributed by atoms with E-state index in [9.17, 15) is 0 Å². The van der Waals surface area contributed by atoms with Crippen LogP contribution in [0.1, 0.15) is 11.5 Å². The van der Waals surface area contributed by atoms with Crippen LogP contribution >= 0.6 is 0 Å². The van der Waals surface area contributed by atoms with E-state index in [0.29, 0.717) is 30.4 Å². The Bertz CT molecular complexity index is 528. The van der Waals surface area contributed by atoms with Gasteiger partial charge in [-0.15, -0.1) is 0 Å². The van der Waals surface area contributed by atoms with Gasteiger partial charge in [0.1, 0.15) is 35.4 Å². The smallest absolute Gasteiger partial charge is 0.146 e. The van der Waals surface area contributed by atoms with Crippen LogP contribution < -0.4 is 19.5 Å². The number of hydrogen-bond donors (Lipinski definition) is 1. The second kappa shape index (κ2) is 6.86. The average Bonchev–Trinajstić information content (AvgIpc) is 2.93. The Balaban J connectivity index is 2.02. The first-order chi connectivity index (χ1) is 9.75. The molecule has 5 nitrogen and oxygen atoms in total. The van der Waals surface area contributed by atoms with Crippen molar-refractivity contribution >= 4 is 0 Å². The molecule has 0 amide bonds. The van der Waals surface area contributed by atoms with Gasteiger partial charge in [-0.3, -0.25) is 0 Å². The van der Waals surface area contributed by atoms with Crippen LogP contribution in [0.3, 0.4) is 0 Å². The lowest BCUT2D eigenvalue weighted by Gasteiger charge is -2.09. The number of furan rings is 1. The van der Waals surface area contributed by atoms with Crippen molar-refractivity contribution in [1.82, 2.24) is 5.32 Å². The summed E-state index contributed by atoms with van der Waals surface area (Å²) >= 11 is 0. The molecule has 0 bridgehead atoms. The minimum Gasteiger partial charge on any atom is -0.496 e. The largest absolute Gasteiger partial charge is 0.496 e. The first-order valence-corrected chi connectivity index (χ1v) is 6.33. The fourth-order valence-electron chi connectivity index (χ4n) is 1.79. The first kappa shape index (κ1) is 14.3. The van der Waals surface area contributed by atoms with Crippen LogP contribution in [0.25, 0.3) is 0 Å². The quantitative estimate of drug-likeness (QED) is 0.843. The molecule has 2 rings (SSSR count). The highest BCUT2D eigenvalue weighted by atomic mass is 16.5. The lowest BCUT2D eigenvalue weighted by Crippen LogP contribution is -2.03. The van der Waals surface area contributed by atoms with Crippen molar-refractivity contribution in [1.29, 1.82) is 0 Å². The summed E-state index contributed by atoms with van der Waals surface area (Å²) in [6.07, 6.45) is 0. The molecule has 2 aromatic rings. The van der Waals surface area contributed by atoms with Crippen LogP contribution in [0.15, 0.2) is 34.7 Å². The number of rotatable bonds is 7. The van der Waals surface area contributed by atoms with E-state index < -0.39 is 0 Å². The molecule has 0 saturated heterocycles. The zero-order valence-electron chi connectivity index (χ0n) is 11.9. The summed E-state index contributed by atoms with van der Waals surface area (Å²) in [6.45, 7) is 1.06. The fourth-order valence-corrected chi connectivity index (χ4v) is 1.79. The predicted octanol–water partition coefficient (Wildman–Crippen LogP) is 2.60. The molecule has 0 fully saturated rings. The fraction of sp³-hybridized carbons (Fsp3) is 0.333. The Morgan fingerprint density at radius 2 is 1.55 bits per heavy atom. The monoisotopic (exact) mass is 277 g/mol. The zero-order chi connectivity index (χ0) is 14.4. The van der Waals surface area contributed by atoms with Crippen molar-refractivity contribution in [3.8, 4) is 17.2 Å². The molecule has 0 atom stereocenters. The van der Waals surface area contributed by atoms with Gasteiger partial charge in [-0.2, -0.15) is 0 Å². The third-order valence-electron chi connectivity index (χ3n) is 2.77. The topological polar surface area (TPSA) is 52.9 Å². The molecule has 5 heteroatoms. The molecular weight excluding hydrogens is 258 g/mol. The standard InChI is InChI=1S/C15H19NO4/c1-16-9-11-4-5-12(20-11)10-19-15-7-13(17-2)6-14(8-15)18-3/h4-8,16H,9-10H2,1-3H3. The van der Waals surface area contributed by atoms with Crippen molar-refractivity contribution in [3.63, 3.8) is 0 Å². The minimum atomic E-state index is 0.361. The van der Waals surface area contributed by atoms with Gasteiger partial charge in [0.2, 0.25) is 0 Å². The Hall–Kier alpha value is -2.14. The second-order valence-electron chi connectivity index (χ2n) is 4.24. The third kappa shape index (κ3) is 3.68. The molecule has 0 radical (unpaired) electrons. The molecule has 1 aromatic heterocycles. The van der Waals surface area contributed by atoms with E-state index in [2.05, 4.69) is 5.32 Å². The van der Waals surface area contributed by atoms with Crippen LogP contribution in [-0.2, 0) is 13.2 Å². The lowest BCUT2D eigenvalue weighted by molar-refractivity contribution is 0.262. The molecular formula is C15H19NO4. The van der Waals surface area contributed by atoms with Crippen LogP contribution in [-0.4, -0.2) is 21.3 Å². The number of methoxy groups -OCH3 is 2. The predicted molar refractivity (Wildman–Crippen MR) is 75.3 cm³/mol. The zero-order valence-corrected chi connectivity index (χ0v) is 11.9. The number of nitrogens with one attached hydrogen (secondary N) is 1. The molecule has 20 heavy (non-hydrogen) atoms. The van der Waals surface area contributed by atoms with Gasteiger partial charge >= 0.3 is 0 Å². The minimum absolute atomic E-state index is 0.361. The van der Waals surface area contributed by atoms with E-state index in [1.807, 2.05) is 19.2 Å². The molecule has 0 aliphatic carbocycles. The van der Waals surface area contributed by atoms with Gasteiger partial charge < -0.3 is 23.9 Å². The van der Waals surface area contributed by atoms with Gasteiger partial charge in [-0.25, -0.2) is 0 Å². The van der Waals surface area contributed by atoms with Crippen LogP contribution in [0, 0.1) is 0 Å². The lowest BCUT2D eigenvalue weighted by atomic mass is 10.3. The van der Waals surface area contributed by atoms with Gasteiger partial charge in [0.05, 0.1) is 20.8 Å². The van der Waals surface area contributed by atoms with Crippen LogP contribution in [0.4, 0.5) is 0 Å². The van der Waals surface area contributed by atoms with Crippen LogP contribution in [0.5, 0.6) is 17.2 Å². The summed E-state index contributed by atoms with van der Waals surface area (Å²) in [5, 5.41) is 3.03. The van der Waals surface area contributed by atoms with Gasteiger partial charge in [0, 0.05) is 18.2 Å². The number of hydrogen-bond acceptors (Lipinski definition) is 5. The van der Waals surface area contributed by atoms with Crippen molar-refractivity contribution in [3.05, 3.63) is 41.9 Å². The van der Waals surface area contributed by atoms with E-state index in [0.717, 1.165) is 11.5 Å². The molecule has 0 aliphatic heterocycles. The molecule has 0 aliphatic rings. The molecule has 0 unspecified atom stereocenters. The summed E-state index contributed by atoms with van der Waals surface area (Å²) in [5.41, 5.74) is 0. The van der Waals surface area contributed by atoms with Crippen molar-refractivity contribution in [2.24, 2.45) is 0 Å². The highest BCUT2D eigenvalue weighted by Crippen LogP contribution is 2.28. The summed E-state index contributed by atoms with van der Waals surface area (Å²) in [5.74, 6) is 3.71. The maximum absolute atomic E-state index is 5.69. The van der Waals surface area contributed by atoms with Gasteiger partial charge in [0.25, 0.3) is 0 Å². The molecule has 1 aromatic carbocycles. The second-order valence-corrected chi connectivity index (χ2v) is 4.24. The maximum Gasteiger partial charge on any atom is 0.146 e. The summed E-state index contributed by atoms with van der Waals surface area (Å²) < 4.78 is 21.7. The van der Waals surface area contributed by atoms with Gasteiger partial charge in [-0.1, -0.05) is 0 Å². The molecule has 0 saturated carbocycles. The number of benzene rings is 1. The van der Waals surface area contributed by atoms with E-state index >= 15 is 0 Å². The normalized spacial score (nSPS) is 10.3. The first-order valence-electron chi connectivity index (χ1n) is 6.33.